The van der Waals surface area contributed by atoms with Gasteiger partial charge in [0.15, 0.2) is 0 Å². The maximum absolute atomic E-state index is 6.07. The molecule has 0 bridgehead atoms. The molecule has 0 heterocycles. The molecule has 1 aliphatic rings. The molecule has 0 amide bonds. The monoisotopic (exact) mass is 366 g/mol. The van der Waals surface area contributed by atoms with E-state index in [9.17, 15) is 0 Å². The first-order chi connectivity index (χ1) is 7.65. The number of alkyl halides is 1. The average Bonchev–Trinajstić information content (AvgIpc) is 2.22. The van der Waals surface area contributed by atoms with Crippen LogP contribution in [0.4, 0.5) is 0 Å². The highest BCUT2D eigenvalue weighted by Gasteiger charge is 2.36. The standard InChI is InChI=1S/C12H13Br2ClO/c13-7-12(4-1-5-12)8-16-11-6-9(14)2-3-10(11)15/h2-3,6H,1,4-5,7-8H2. The second kappa shape index (κ2) is 5.28. The van der Waals surface area contributed by atoms with Crippen molar-refractivity contribution >= 4 is 43.5 Å². The topological polar surface area (TPSA) is 9.23 Å². The Labute approximate surface area is 118 Å². The second-order valence-corrected chi connectivity index (χ2v) is 6.23. The fourth-order valence-electron chi connectivity index (χ4n) is 1.81. The Morgan fingerprint density at radius 2 is 2.12 bits per heavy atom. The van der Waals surface area contributed by atoms with Gasteiger partial charge in [-0.05, 0) is 31.0 Å². The summed E-state index contributed by atoms with van der Waals surface area (Å²) in [5.74, 6) is 0.767. The molecule has 0 radical (unpaired) electrons. The zero-order valence-corrected chi connectivity index (χ0v) is 12.7. The summed E-state index contributed by atoms with van der Waals surface area (Å²) in [6.07, 6.45) is 3.79. The number of ether oxygens (including phenoxy) is 1. The SMILES string of the molecule is Clc1ccc(Br)cc1OCC1(CBr)CCC1. The van der Waals surface area contributed by atoms with Crippen LogP contribution in [0, 0.1) is 5.41 Å². The molecule has 0 unspecified atom stereocenters. The van der Waals surface area contributed by atoms with Gasteiger partial charge in [-0.2, -0.15) is 0 Å². The zero-order chi connectivity index (χ0) is 11.6. The van der Waals surface area contributed by atoms with Crippen LogP contribution in [0.5, 0.6) is 5.75 Å². The molecule has 1 aromatic carbocycles. The summed E-state index contributed by atoms with van der Waals surface area (Å²) >= 11 is 13.1. The van der Waals surface area contributed by atoms with Crippen molar-refractivity contribution in [2.75, 3.05) is 11.9 Å². The summed E-state index contributed by atoms with van der Waals surface area (Å²) in [5.41, 5.74) is 0.325. The smallest absolute Gasteiger partial charge is 0.139 e. The summed E-state index contributed by atoms with van der Waals surface area (Å²) in [4.78, 5) is 0. The first-order valence-corrected chi connectivity index (χ1v) is 7.58. The van der Waals surface area contributed by atoms with E-state index in [-0.39, 0.29) is 0 Å². The highest BCUT2D eigenvalue weighted by Crippen LogP contribution is 2.43. The lowest BCUT2D eigenvalue weighted by atomic mass is 9.71. The van der Waals surface area contributed by atoms with Crippen LogP contribution in [-0.2, 0) is 0 Å². The Hall–Kier alpha value is 0.270. The average molecular weight is 368 g/mol. The van der Waals surface area contributed by atoms with Crippen LogP contribution in [-0.4, -0.2) is 11.9 Å². The molecule has 1 nitrogen and oxygen atoms in total. The lowest BCUT2D eigenvalue weighted by molar-refractivity contribution is 0.0838. The third kappa shape index (κ3) is 2.74. The molecule has 1 saturated carbocycles. The molecule has 88 valence electrons. The summed E-state index contributed by atoms with van der Waals surface area (Å²) in [7, 11) is 0. The molecule has 1 aromatic rings. The van der Waals surface area contributed by atoms with E-state index in [0.717, 1.165) is 22.2 Å². The third-order valence-corrected chi connectivity index (χ3v) is 5.12. The fraction of sp³-hybridized carbons (Fsp3) is 0.500. The Morgan fingerprint density at radius 1 is 1.38 bits per heavy atom. The molecule has 0 N–H and O–H groups in total. The Kier molecular flexibility index (Phi) is 4.20. The molecular formula is C12H13Br2ClO. The normalized spacial score (nSPS) is 17.9. The lowest BCUT2D eigenvalue weighted by Gasteiger charge is -2.40. The minimum absolute atomic E-state index is 0.325. The zero-order valence-electron chi connectivity index (χ0n) is 8.81. The second-order valence-electron chi connectivity index (χ2n) is 4.35. The van der Waals surface area contributed by atoms with Crippen molar-refractivity contribution in [1.29, 1.82) is 0 Å². The van der Waals surface area contributed by atoms with E-state index in [1.807, 2.05) is 18.2 Å². The molecule has 0 aliphatic heterocycles. The summed E-state index contributed by atoms with van der Waals surface area (Å²) < 4.78 is 6.82. The number of hydrogen-bond donors (Lipinski definition) is 0. The first kappa shape index (κ1) is 12.7. The van der Waals surface area contributed by atoms with E-state index in [1.54, 1.807) is 0 Å². The van der Waals surface area contributed by atoms with Gasteiger partial charge >= 0.3 is 0 Å². The van der Waals surface area contributed by atoms with Crippen molar-refractivity contribution in [2.45, 2.75) is 19.3 Å². The predicted molar refractivity (Wildman–Crippen MR) is 74.7 cm³/mol. The maximum atomic E-state index is 6.07. The molecule has 4 heteroatoms. The predicted octanol–water partition coefficient (Wildman–Crippen LogP) is 5.05. The molecule has 0 spiro atoms. The van der Waals surface area contributed by atoms with Gasteiger partial charge in [0.05, 0.1) is 11.6 Å². The highest BCUT2D eigenvalue weighted by molar-refractivity contribution is 9.10. The van der Waals surface area contributed by atoms with Crippen molar-refractivity contribution in [3.05, 3.63) is 27.7 Å². The lowest BCUT2D eigenvalue weighted by Crippen LogP contribution is -2.37. The van der Waals surface area contributed by atoms with Gasteiger partial charge in [-0.1, -0.05) is 49.9 Å². The van der Waals surface area contributed by atoms with Crippen molar-refractivity contribution in [3.8, 4) is 5.75 Å². The van der Waals surface area contributed by atoms with Gasteiger partial charge < -0.3 is 4.74 Å². The first-order valence-electron chi connectivity index (χ1n) is 5.29. The number of hydrogen-bond acceptors (Lipinski definition) is 1. The molecule has 0 atom stereocenters. The summed E-state index contributed by atoms with van der Waals surface area (Å²) in [5, 5.41) is 1.68. The van der Waals surface area contributed by atoms with Crippen LogP contribution in [0.25, 0.3) is 0 Å². The number of benzene rings is 1. The van der Waals surface area contributed by atoms with Gasteiger partial charge in [0.1, 0.15) is 5.75 Å². The summed E-state index contributed by atoms with van der Waals surface area (Å²) in [6, 6.07) is 5.68. The Morgan fingerprint density at radius 3 is 2.69 bits per heavy atom. The van der Waals surface area contributed by atoms with Gasteiger partial charge in [-0.15, -0.1) is 0 Å². The minimum atomic E-state index is 0.325. The van der Waals surface area contributed by atoms with E-state index >= 15 is 0 Å². The van der Waals surface area contributed by atoms with Crippen LogP contribution in [0.3, 0.4) is 0 Å². The van der Waals surface area contributed by atoms with Crippen molar-refractivity contribution in [3.63, 3.8) is 0 Å². The summed E-state index contributed by atoms with van der Waals surface area (Å²) in [6.45, 7) is 0.744. The fourth-order valence-corrected chi connectivity index (χ4v) is 3.05. The van der Waals surface area contributed by atoms with Gasteiger partial charge in [0.2, 0.25) is 0 Å². The molecule has 1 aliphatic carbocycles. The molecule has 2 rings (SSSR count). The molecular weight excluding hydrogens is 355 g/mol. The maximum Gasteiger partial charge on any atom is 0.139 e. The third-order valence-electron chi connectivity index (χ3n) is 3.12. The van der Waals surface area contributed by atoms with Crippen molar-refractivity contribution in [2.24, 2.45) is 5.41 Å². The van der Waals surface area contributed by atoms with E-state index in [4.69, 9.17) is 16.3 Å². The molecule has 0 aromatic heterocycles. The van der Waals surface area contributed by atoms with E-state index in [2.05, 4.69) is 31.9 Å². The number of halogens is 3. The molecule has 16 heavy (non-hydrogen) atoms. The van der Waals surface area contributed by atoms with Gasteiger partial charge in [-0.25, -0.2) is 0 Å². The van der Waals surface area contributed by atoms with Crippen molar-refractivity contribution in [1.82, 2.24) is 0 Å². The van der Waals surface area contributed by atoms with Gasteiger partial charge in [0, 0.05) is 15.2 Å². The van der Waals surface area contributed by atoms with E-state index in [0.29, 0.717) is 10.4 Å². The minimum Gasteiger partial charge on any atom is -0.491 e. The van der Waals surface area contributed by atoms with Crippen LogP contribution in [0.2, 0.25) is 5.02 Å². The highest BCUT2D eigenvalue weighted by atomic mass is 79.9. The van der Waals surface area contributed by atoms with E-state index in [1.165, 1.54) is 19.3 Å². The quantitative estimate of drug-likeness (QED) is 0.676. The van der Waals surface area contributed by atoms with Crippen molar-refractivity contribution < 1.29 is 4.74 Å². The largest absolute Gasteiger partial charge is 0.491 e. The van der Waals surface area contributed by atoms with Crippen LogP contribution in [0.15, 0.2) is 22.7 Å². The van der Waals surface area contributed by atoms with E-state index < -0.39 is 0 Å². The Bertz CT molecular complexity index is 372. The van der Waals surface area contributed by atoms with Crippen LogP contribution < -0.4 is 4.74 Å². The van der Waals surface area contributed by atoms with Gasteiger partial charge in [-0.3, -0.25) is 0 Å². The van der Waals surface area contributed by atoms with Gasteiger partial charge in [0.25, 0.3) is 0 Å². The molecule has 1 fully saturated rings. The van der Waals surface area contributed by atoms with Crippen LogP contribution in [0.1, 0.15) is 19.3 Å². The number of rotatable bonds is 4. The van der Waals surface area contributed by atoms with Crippen LogP contribution >= 0.6 is 43.5 Å². The molecule has 0 saturated heterocycles. The Balaban J connectivity index is 2.01.